The molecule has 35 heavy (non-hydrogen) atoms. The molecule has 0 radical (unpaired) electrons. The van der Waals surface area contributed by atoms with Crippen molar-refractivity contribution in [1.82, 2.24) is 4.98 Å². The largest absolute Gasteiger partial charge is 0.322 e. The number of anilines is 2. The molecule has 3 aromatic carbocycles. The summed E-state index contributed by atoms with van der Waals surface area (Å²) in [5.41, 5.74) is 4.46. The van der Waals surface area contributed by atoms with Crippen molar-refractivity contribution < 1.29 is 17.6 Å². The molecule has 0 spiro atoms. The number of sulfonamides is 1. The van der Waals surface area contributed by atoms with Crippen LogP contribution in [-0.2, 0) is 23.0 Å². The number of hydrogen-bond acceptors (Lipinski definition) is 4. The fraction of sp³-hybridized carbons (Fsp3) is 0.111. The normalized spacial score (nSPS) is 11.1. The van der Waals surface area contributed by atoms with E-state index in [2.05, 4.69) is 10.3 Å². The first-order valence-corrected chi connectivity index (χ1v) is 12.7. The number of halogens is 1. The minimum atomic E-state index is -3.59. The Labute approximate surface area is 204 Å². The summed E-state index contributed by atoms with van der Waals surface area (Å²) in [6.07, 6.45) is 5.40. The van der Waals surface area contributed by atoms with Crippen molar-refractivity contribution >= 4 is 27.3 Å². The van der Waals surface area contributed by atoms with E-state index in [-0.39, 0.29) is 12.5 Å². The lowest BCUT2D eigenvalue weighted by Crippen LogP contribution is -2.29. The molecule has 1 amide bonds. The molecule has 178 valence electrons. The maximum Gasteiger partial charge on any atom is 0.255 e. The van der Waals surface area contributed by atoms with E-state index in [9.17, 15) is 17.6 Å². The van der Waals surface area contributed by atoms with Crippen LogP contribution in [0.2, 0.25) is 0 Å². The average molecular weight is 490 g/mol. The summed E-state index contributed by atoms with van der Waals surface area (Å²) >= 11 is 0. The molecule has 1 N–H and O–H groups in total. The molecule has 0 fully saturated rings. The number of nitrogens with zero attached hydrogens (tertiary/aromatic N) is 2. The van der Waals surface area contributed by atoms with Gasteiger partial charge in [-0.15, -0.1) is 0 Å². The lowest BCUT2D eigenvalue weighted by Gasteiger charge is -2.22. The van der Waals surface area contributed by atoms with Crippen molar-refractivity contribution in [2.24, 2.45) is 0 Å². The van der Waals surface area contributed by atoms with Crippen LogP contribution in [0.1, 0.15) is 27.0 Å². The zero-order valence-electron chi connectivity index (χ0n) is 19.1. The summed E-state index contributed by atoms with van der Waals surface area (Å²) in [5.74, 6) is -0.710. The first-order chi connectivity index (χ1) is 16.8. The minimum Gasteiger partial charge on any atom is -0.322 e. The second-order valence-electron chi connectivity index (χ2n) is 8.13. The van der Waals surface area contributed by atoms with Crippen molar-refractivity contribution in [3.8, 4) is 0 Å². The fourth-order valence-electron chi connectivity index (χ4n) is 3.58. The van der Waals surface area contributed by atoms with Crippen LogP contribution in [0, 0.1) is 5.82 Å². The molecule has 0 saturated heterocycles. The van der Waals surface area contributed by atoms with Crippen molar-refractivity contribution in [1.29, 1.82) is 0 Å². The third-order valence-corrected chi connectivity index (χ3v) is 6.57. The second-order valence-corrected chi connectivity index (χ2v) is 10.0. The second kappa shape index (κ2) is 10.5. The minimum absolute atomic E-state index is 0.0608. The van der Waals surface area contributed by atoms with Gasteiger partial charge in [-0.1, -0.05) is 24.3 Å². The maximum atomic E-state index is 13.3. The molecule has 4 rings (SSSR count). The summed E-state index contributed by atoms with van der Waals surface area (Å²) in [7, 11) is -3.59. The first-order valence-electron chi connectivity index (χ1n) is 10.9. The summed E-state index contributed by atoms with van der Waals surface area (Å²) in [6, 6.07) is 23.5. The van der Waals surface area contributed by atoms with Crippen LogP contribution in [0.5, 0.6) is 0 Å². The third kappa shape index (κ3) is 6.51. The molecule has 1 aromatic heterocycles. The standard InChI is InChI=1S/C27H24FN3O3S/c1-35(33,34)31(26-12-8-24(28)9-13-26)19-22-2-6-23(7-3-22)27(32)30-25-10-4-20(5-11-25)18-21-14-16-29-17-15-21/h2-17H,18-19H2,1H3,(H,30,32). The van der Waals surface area contributed by atoms with Gasteiger partial charge in [0.1, 0.15) is 5.82 Å². The maximum absolute atomic E-state index is 13.3. The van der Waals surface area contributed by atoms with Crippen LogP contribution in [-0.4, -0.2) is 25.6 Å². The average Bonchev–Trinajstić information content (AvgIpc) is 2.85. The lowest BCUT2D eigenvalue weighted by molar-refractivity contribution is 0.102. The summed E-state index contributed by atoms with van der Waals surface area (Å²) < 4.78 is 39.0. The molecule has 0 bridgehead atoms. The predicted molar refractivity (Wildman–Crippen MR) is 135 cm³/mol. The Kier molecular flexibility index (Phi) is 7.22. The van der Waals surface area contributed by atoms with Crippen molar-refractivity contribution in [2.75, 3.05) is 15.9 Å². The molecular formula is C27H24FN3O3S. The predicted octanol–water partition coefficient (Wildman–Crippen LogP) is 5.03. The number of benzene rings is 3. The number of amides is 1. The van der Waals surface area contributed by atoms with Gasteiger partial charge in [0.15, 0.2) is 0 Å². The monoisotopic (exact) mass is 489 g/mol. The van der Waals surface area contributed by atoms with E-state index >= 15 is 0 Å². The van der Waals surface area contributed by atoms with Gasteiger partial charge in [-0.25, -0.2) is 12.8 Å². The van der Waals surface area contributed by atoms with Crippen LogP contribution in [0.15, 0.2) is 97.3 Å². The Bertz CT molecular complexity index is 1390. The topological polar surface area (TPSA) is 79.4 Å². The van der Waals surface area contributed by atoms with Gasteiger partial charge in [0.05, 0.1) is 18.5 Å². The Morgan fingerprint density at radius 2 is 1.40 bits per heavy atom. The summed E-state index contributed by atoms with van der Waals surface area (Å²) in [6.45, 7) is 0.0608. The Morgan fingerprint density at radius 1 is 0.829 bits per heavy atom. The van der Waals surface area contributed by atoms with Crippen LogP contribution in [0.4, 0.5) is 15.8 Å². The van der Waals surface area contributed by atoms with Crippen molar-refractivity contribution in [2.45, 2.75) is 13.0 Å². The van der Waals surface area contributed by atoms with Crippen molar-refractivity contribution in [3.05, 3.63) is 125 Å². The fourth-order valence-corrected chi connectivity index (χ4v) is 4.47. The van der Waals surface area contributed by atoms with E-state index in [1.54, 1.807) is 36.7 Å². The molecule has 0 unspecified atom stereocenters. The van der Waals surface area contributed by atoms with Gasteiger partial charge in [-0.2, -0.15) is 0 Å². The molecule has 0 atom stereocenters. The third-order valence-electron chi connectivity index (χ3n) is 5.43. The van der Waals surface area contributed by atoms with Gasteiger partial charge in [-0.3, -0.25) is 14.1 Å². The zero-order chi connectivity index (χ0) is 24.8. The Balaban J connectivity index is 1.40. The van der Waals surface area contributed by atoms with Crippen molar-refractivity contribution in [3.63, 3.8) is 0 Å². The number of carbonyl (C=O) groups is 1. The zero-order valence-corrected chi connectivity index (χ0v) is 19.9. The molecule has 4 aromatic rings. The van der Waals surface area contributed by atoms with E-state index in [1.807, 2.05) is 36.4 Å². The van der Waals surface area contributed by atoms with Gasteiger partial charge < -0.3 is 5.32 Å². The number of aromatic nitrogens is 1. The molecule has 0 aliphatic heterocycles. The Hall–Kier alpha value is -4.04. The number of hydrogen-bond donors (Lipinski definition) is 1. The molecule has 0 aliphatic carbocycles. The Morgan fingerprint density at radius 3 is 2.00 bits per heavy atom. The quantitative estimate of drug-likeness (QED) is 0.377. The highest BCUT2D eigenvalue weighted by molar-refractivity contribution is 7.92. The smallest absolute Gasteiger partial charge is 0.255 e. The lowest BCUT2D eigenvalue weighted by atomic mass is 10.1. The highest BCUT2D eigenvalue weighted by atomic mass is 32.2. The summed E-state index contributed by atoms with van der Waals surface area (Å²) in [4.78, 5) is 16.7. The molecule has 0 saturated carbocycles. The van der Waals surface area contributed by atoms with Gasteiger partial charge in [0.25, 0.3) is 5.91 Å². The van der Waals surface area contributed by atoms with Gasteiger partial charge in [0.2, 0.25) is 10.0 Å². The van der Waals surface area contributed by atoms with Crippen LogP contribution >= 0.6 is 0 Å². The molecule has 8 heteroatoms. The number of rotatable bonds is 8. The van der Waals surface area contributed by atoms with E-state index in [0.29, 0.717) is 22.5 Å². The van der Waals surface area contributed by atoms with Gasteiger partial charge in [0, 0.05) is 23.6 Å². The SMILES string of the molecule is CS(=O)(=O)N(Cc1ccc(C(=O)Nc2ccc(Cc3ccncc3)cc2)cc1)c1ccc(F)cc1. The molecule has 6 nitrogen and oxygen atoms in total. The number of nitrogens with one attached hydrogen (secondary N) is 1. The highest BCUT2D eigenvalue weighted by Crippen LogP contribution is 2.21. The molecule has 0 aliphatic rings. The van der Waals surface area contributed by atoms with E-state index in [4.69, 9.17) is 0 Å². The van der Waals surface area contributed by atoms with Gasteiger partial charge >= 0.3 is 0 Å². The number of pyridine rings is 1. The van der Waals surface area contributed by atoms with Crippen LogP contribution in [0.25, 0.3) is 0 Å². The highest BCUT2D eigenvalue weighted by Gasteiger charge is 2.18. The van der Waals surface area contributed by atoms with Gasteiger partial charge in [-0.05, 0) is 83.8 Å². The van der Waals surface area contributed by atoms with E-state index in [0.717, 1.165) is 23.8 Å². The molecular weight excluding hydrogens is 465 g/mol. The van der Waals surface area contributed by atoms with E-state index in [1.165, 1.54) is 28.6 Å². The van der Waals surface area contributed by atoms with E-state index < -0.39 is 15.8 Å². The first kappa shape index (κ1) is 24.1. The summed E-state index contributed by atoms with van der Waals surface area (Å²) in [5, 5.41) is 2.87. The van der Waals surface area contributed by atoms with Crippen LogP contribution in [0.3, 0.4) is 0 Å². The number of carbonyl (C=O) groups excluding carboxylic acids is 1. The van der Waals surface area contributed by atoms with Crippen LogP contribution < -0.4 is 9.62 Å². The molecule has 1 heterocycles.